The van der Waals surface area contributed by atoms with E-state index in [1.54, 1.807) is 0 Å². The molecule has 1 atom stereocenters. The smallest absolute Gasteiger partial charge is 0.0732 e. The largest absolute Gasteiger partial charge is 0.357 e. The molecular weight excluding hydrogens is 268 g/mol. The Morgan fingerprint density at radius 1 is 1.00 bits per heavy atom. The molecule has 1 aromatic heterocycles. The summed E-state index contributed by atoms with van der Waals surface area (Å²) in [5.41, 5.74) is 5.21. The van der Waals surface area contributed by atoms with E-state index in [0.29, 0.717) is 0 Å². The number of rotatable bonds is 1. The molecule has 0 spiro atoms. The minimum atomic E-state index is 0.225. The average molecular weight is 283 g/mol. The molecule has 4 rings (SSSR count). The van der Waals surface area contributed by atoms with Gasteiger partial charge in [0, 0.05) is 28.2 Å². The van der Waals surface area contributed by atoms with Gasteiger partial charge in [0.15, 0.2) is 0 Å². The monoisotopic (exact) mass is 282 g/mol. The van der Waals surface area contributed by atoms with Crippen LogP contribution in [0.2, 0.25) is 5.02 Å². The lowest BCUT2D eigenvalue weighted by Crippen LogP contribution is -2.30. The molecule has 2 nitrogen and oxygen atoms in total. The molecule has 100 valence electrons. The van der Waals surface area contributed by atoms with E-state index in [4.69, 9.17) is 11.6 Å². The number of aromatic nitrogens is 1. The van der Waals surface area contributed by atoms with Gasteiger partial charge in [0.1, 0.15) is 0 Å². The van der Waals surface area contributed by atoms with Crippen molar-refractivity contribution in [3.05, 3.63) is 70.4 Å². The number of fused-ring (bicyclic) bond motifs is 3. The summed E-state index contributed by atoms with van der Waals surface area (Å²) in [5.74, 6) is 0. The predicted molar refractivity (Wildman–Crippen MR) is 83.3 cm³/mol. The van der Waals surface area contributed by atoms with Gasteiger partial charge in [0.25, 0.3) is 0 Å². The van der Waals surface area contributed by atoms with Crippen LogP contribution in [0.5, 0.6) is 0 Å². The van der Waals surface area contributed by atoms with E-state index in [2.05, 4.69) is 46.7 Å². The highest BCUT2D eigenvalue weighted by molar-refractivity contribution is 6.30. The average Bonchev–Trinajstić information content (AvgIpc) is 2.87. The normalized spacial score (nSPS) is 18.1. The zero-order valence-electron chi connectivity index (χ0n) is 11.0. The van der Waals surface area contributed by atoms with E-state index in [-0.39, 0.29) is 6.04 Å². The van der Waals surface area contributed by atoms with Gasteiger partial charge in [-0.2, -0.15) is 0 Å². The molecule has 20 heavy (non-hydrogen) atoms. The van der Waals surface area contributed by atoms with Gasteiger partial charge in [0.05, 0.1) is 6.04 Å². The van der Waals surface area contributed by atoms with Crippen LogP contribution in [0.3, 0.4) is 0 Å². The van der Waals surface area contributed by atoms with Crippen LogP contribution in [0.15, 0.2) is 48.5 Å². The lowest BCUT2D eigenvalue weighted by molar-refractivity contribution is 0.560. The van der Waals surface area contributed by atoms with Gasteiger partial charge >= 0.3 is 0 Å². The maximum Gasteiger partial charge on any atom is 0.0732 e. The third-order valence-corrected chi connectivity index (χ3v) is 4.31. The van der Waals surface area contributed by atoms with Gasteiger partial charge < -0.3 is 10.3 Å². The van der Waals surface area contributed by atoms with Crippen molar-refractivity contribution in [2.24, 2.45) is 0 Å². The molecule has 0 aliphatic carbocycles. The van der Waals surface area contributed by atoms with Crippen molar-refractivity contribution in [3.63, 3.8) is 0 Å². The molecule has 3 heteroatoms. The third-order valence-electron chi connectivity index (χ3n) is 4.06. The Hall–Kier alpha value is -1.77. The summed E-state index contributed by atoms with van der Waals surface area (Å²) >= 11 is 5.99. The number of hydrogen-bond acceptors (Lipinski definition) is 1. The number of benzene rings is 2. The van der Waals surface area contributed by atoms with Crippen LogP contribution < -0.4 is 5.32 Å². The first kappa shape index (κ1) is 12.0. The molecular formula is C17H15ClN2. The molecule has 3 aromatic rings. The van der Waals surface area contributed by atoms with E-state index < -0.39 is 0 Å². The fourth-order valence-electron chi connectivity index (χ4n) is 3.12. The Morgan fingerprint density at radius 2 is 1.80 bits per heavy atom. The number of hydrogen-bond donors (Lipinski definition) is 2. The van der Waals surface area contributed by atoms with Crippen LogP contribution in [-0.4, -0.2) is 11.5 Å². The highest BCUT2D eigenvalue weighted by Gasteiger charge is 2.24. The third kappa shape index (κ3) is 1.84. The molecule has 1 unspecified atom stereocenters. The first-order valence-electron chi connectivity index (χ1n) is 6.91. The molecule has 0 amide bonds. The van der Waals surface area contributed by atoms with Crippen LogP contribution in [0.1, 0.15) is 22.9 Å². The Bertz CT molecular complexity index is 758. The quantitative estimate of drug-likeness (QED) is 0.692. The van der Waals surface area contributed by atoms with Gasteiger partial charge in [-0.1, -0.05) is 41.9 Å². The highest BCUT2D eigenvalue weighted by Crippen LogP contribution is 2.33. The molecule has 2 aromatic carbocycles. The van der Waals surface area contributed by atoms with Crippen molar-refractivity contribution in [1.82, 2.24) is 10.3 Å². The number of halogens is 1. The molecule has 1 aliphatic heterocycles. The summed E-state index contributed by atoms with van der Waals surface area (Å²) in [6, 6.07) is 16.9. The minimum Gasteiger partial charge on any atom is -0.357 e. The topological polar surface area (TPSA) is 27.8 Å². The fraction of sp³-hybridized carbons (Fsp3) is 0.176. The summed E-state index contributed by atoms with van der Waals surface area (Å²) in [6.07, 6.45) is 1.07. The van der Waals surface area contributed by atoms with E-state index >= 15 is 0 Å². The van der Waals surface area contributed by atoms with Crippen LogP contribution in [-0.2, 0) is 6.42 Å². The Kier molecular flexibility index (Phi) is 2.79. The van der Waals surface area contributed by atoms with Gasteiger partial charge in [-0.3, -0.25) is 0 Å². The van der Waals surface area contributed by atoms with Gasteiger partial charge in [-0.25, -0.2) is 0 Å². The minimum absolute atomic E-state index is 0.225. The number of aromatic amines is 1. The molecule has 1 aliphatic rings. The second-order valence-electron chi connectivity index (χ2n) is 5.25. The standard InChI is InChI=1S/C17H15ClN2/c18-12-7-5-11(6-8-12)16-17-14(9-10-19-16)13-3-1-2-4-15(13)20-17/h1-8,16,19-20H,9-10H2. The highest BCUT2D eigenvalue weighted by atomic mass is 35.5. The van der Waals surface area contributed by atoms with E-state index in [1.807, 2.05) is 12.1 Å². The van der Waals surface area contributed by atoms with Gasteiger partial charge in [0.2, 0.25) is 0 Å². The molecule has 0 bridgehead atoms. The van der Waals surface area contributed by atoms with Crippen LogP contribution in [0.4, 0.5) is 0 Å². The molecule has 0 saturated heterocycles. The van der Waals surface area contributed by atoms with Crippen molar-refractivity contribution in [1.29, 1.82) is 0 Å². The van der Waals surface area contributed by atoms with Crippen molar-refractivity contribution in [3.8, 4) is 0 Å². The van der Waals surface area contributed by atoms with E-state index in [0.717, 1.165) is 18.0 Å². The number of H-pyrrole nitrogens is 1. The summed E-state index contributed by atoms with van der Waals surface area (Å²) in [4.78, 5) is 3.58. The summed E-state index contributed by atoms with van der Waals surface area (Å²) in [5, 5.41) is 5.73. The molecule has 0 fully saturated rings. The maximum atomic E-state index is 5.99. The first-order valence-corrected chi connectivity index (χ1v) is 7.29. The van der Waals surface area contributed by atoms with Gasteiger partial charge in [-0.15, -0.1) is 0 Å². The zero-order chi connectivity index (χ0) is 13.5. The van der Waals surface area contributed by atoms with E-state index in [1.165, 1.54) is 27.7 Å². The molecule has 0 radical (unpaired) electrons. The Balaban J connectivity index is 1.87. The molecule has 2 N–H and O–H groups in total. The maximum absolute atomic E-state index is 5.99. The fourth-order valence-corrected chi connectivity index (χ4v) is 3.25. The van der Waals surface area contributed by atoms with Crippen molar-refractivity contribution < 1.29 is 0 Å². The van der Waals surface area contributed by atoms with Crippen LogP contribution in [0.25, 0.3) is 10.9 Å². The zero-order valence-corrected chi connectivity index (χ0v) is 11.7. The summed E-state index contributed by atoms with van der Waals surface area (Å²) in [7, 11) is 0. The molecule has 0 saturated carbocycles. The molecule has 2 heterocycles. The van der Waals surface area contributed by atoms with Crippen molar-refractivity contribution >= 4 is 22.5 Å². The number of para-hydroxylation sites is 1. The Morgan fingerprint density at radius 3 is 2.65 bits per heavy atom. The second kappa shape index (κ2) is 4.65. The lowest BCUT2D eigenvalue weighted by Gasteiger charge is -2.24. The van der Waals surface area contributed by atoms with Crippen molar-refractivity contribution in [2.75, 3.05) is 6.54 Å². The summed E-state index contributed by atoms with van der Waals surface area (Å²) < 4.78 is 0. The predicted octanol–water partition coefficient (Wildman–Crippen LogP) is 4.06. The number of nitrogens with one attached hydrogen (secondary N) is 2. The Labute approximate surface area is 122 Å². The van der Waals surface area contributed by atoms with Gasteiger partial charge in [-0.05, 0) is 35.7 Å². The lowest BCUT2D eigenvalue weighted by atomic mass is 9.94. The van der Waals surface area contributed by atoms with E-state index in [9.17, 15) is 0 Å². The van der Waals surface area contributed by atoms with Crippen LogP contribution in [0, 0.1) is 0 Å². The summed E-state index contributed by atoms with van der Waals surface area (Å²) in [6.45, 7) is 1.00. The SMILES string of the molecule is Clc1ccc(C2NCCc3c2[nH]c2ccccc32)cc1. The van der Waals surface area contributed by atoms with Crippen LogP contribution >= 0.6 is 11.6 Å². The first-order chi connectivity index (χ1) is 9.83. The van der Waals surface area contributed by atoms with Crippen molar-refractivity contribution in [2.45, 2.75) is 12.5 Å². The second-order valence-corrected chi connectivity index (χ2v) is 5.69.